The molecular weight excluding hydrogens is 424 g/mol. The average molecular weight is 457 g/mol. The minimum atomic E-state index is -0.948. The molecule has 2 unspecified atom stereocenters. The molecule has 4 rings (SSSR count). The molecule has 0 bridgehead atoms. The molecule has 3 aliphatic rings. The van der Waals surface area contributed by atoms with Crippen molar-refractivity contribution in [3.8, 4) is 0 Å². The molecule has 2 saturated heterocycles. The molecule has 2 aliphatic heterocycles. The third kappa shape index (κ3) is 4.88. The third-order valence-corrected chi connectivity index (χ3v) is 7.00. The number of anilines is 1. The van der Waals surface area contributed by atoms with Gasteiger partial charge < -0.3 is 20.3 Å². The summed E-state index contributed by atoms with van der Waals surface area (Å²) in [4.78, 5) is 53.8. The van der Waals surface area contributed by atoms with Gasteiger partial charge >= 0.3 is 6.03 Å². The second-order valence-corrected chi connectivity index (χ2v) is 9.50. The van der Waals surface area contributed by atoms with E-state index >= 15 is 0 Å². The summed E-state index contributed by atoms with van der Waals surface area (Å²) in [6.45, 7) is 5.89. The van der Waals surface area contributed by atoms with Crippen molar-refractivity contribution < 1.29 is 23.9 Å². The molecule has 1 saturated carbocycles. The summed E-state index contributed by atoms with van der Waals surface area (Å²) in [5.74, 6) is -1.05. The van der Waals surface area contributed by atoms with Crippen LogP contribution in [-0.2, 0) is 19.1 Å². The van der Waals surface area contributed by atoms with E-state index in [1.807, 2.05) is 32.0 Å². The van der Waals surface area contributed by atoms with Crippen molar-refractivity contribution >= 4 is 29.4 Å². The lowest BCUT2D eigenvalue weighted by Crippen LogP contribution is -2.49. The van der Waals surface area contributed by atoms with Gasteiger partial charge in [-0.2, -0.15) is 0 Å². The zero-order chi connectivity index (χ0) is 23.8. The lowest BCUT2D eigenvalue weighted by atomic mass is 9.96. The van der Waals surface area contributed by atoms with Crippen LogP contribution in [0.4, 0.5) is 10.5 Å². The smallest absolute Gasteiger partial charge is 0.325 e. The first-order valence-corrected chi connectivity index (χ1v) is 11.6. The molecule has 0 radical (unpaired) electrons. The van der Waals surface area contributed by atoms with Gasteiger partial charge in [0, 0.05) is 18.8 Å². The molecular formula is C24H32N4O5. The Bertz CT molecular complexity index is 970. The zero-order valence-electron chi connectivity index (χ0n) is 19.5. The van der Waals surface area contributed by atoms with Crippen molar-refractivity contribution in [1.29, 1.82) is 0 Å². The second kappa shape index (κ2) is 9.13. The first-order valence-electron chi connectivity index (χ1n) is 11.6. The minimum Gasteiger partial charge on any atom is -0.376 e. The molecule has 178 valence electrons. The maximum atomic E-state index is 13.2. The van der Waals surface area contributed by atoms with Crippen LogP contribution >= 0.6 is 0 Å². The number of rotatable bonds is 8. The highest BCUT2D eigenvalue weighted by Crippen LogP contribution is 2.42. The number of carbonyl (C=O) groups excluding carboxylic acids is 4. The van der Waals surface area contributed by atoms with E-state index in [1.165, 1.54) is 4.90 Å². The molecule has 0 aromatic heterocycles. The highest BCUT2D eigenvalue weighted by Gasteiger charge is 2.56. The van der Waals surface area contributed by atoms with Gasteiger partial charge in [0.1, 0.15) is 18.6 Å². The predicted octanol–water partition coefficient (Wildman–Crippen LogP) is 1.97. The van der Waals surface area contributed by atoms with Crippen molar-refractivity contribution in [2.24, 2.45) is 5.92 Å². The van der Waals surface area contributed by atoms with E-state index in [0.717, 1.165) is 41.7 Å². The zero-order valence-corrected chi connectivity index (χ0v) is 19.5. The largest absolute Gasteiger partial charge is 0.376 e. The van der Waals surface area contributed by atoms with Gasteiger partial charge in [0.05, 0.1) is 6.10 Å². The number of aryl methyl sites for hydroxylation is 1. The van der Waals surface area contributed by atoms with Crippen LogP contribution in [0.5, 0.6) is 0 Å². The number of hydrogen-bond donors (Lipinski definition) is 2. The Balaban J connectivity index is 1.45. The van der Waals surface area contributed by atoms with Gasteiger partial charge in [-0.15, -0.1) is 0 Å². The molecule has 1 aliphatic carbocycles. The number of amides is 5. The number of carbonyl (C=O) groups is 4. The van der Waals surface area contributed by atoms with Crippen LogP contribution in [0, 0.1) is 19.8 Å². The summed E-state index contributed by atoms with van der Waals surface area (Å²) >= 11 is 0. The fraction of sp³-hybridized carbons (Fsp3) is 0.583. The topological polar surface area (TPSA) is 108 Å². The van der Waals surface area contributed by atoms with Gasteiger partial charge in [0.15, 0.2) is 0 Å². The molecule has 0 spiro atoms. The van der Waals surface area contributed by atoms with E-state index in [2.05, 4.69) is 10.6 Å². The molecule has 9 heteroatoms. The van der Waals surface area contributed by atoms with E-state index in [9.17, 15) is 19.2 Å². The van der Waals surface area contributed by atoms with E-state index < -0.39 is 24.0 Å². The van der Waals surface area contributed by atoms with E-state index in [1.54, 1.807) is 6.92 Å². The molecule has 5 amide bonds. The Labute approximate surface area is 193 Å². The summed E-state index contributed by atoms with van der Waals surface area (Å²) in [6, 6.07) is 5.09. The summed E-state index contributed by atoms with van der Waals surface area (Å²) in [5.41, 5.74) is 1.76. The lowest BCUT2D eigenvalue weighted by Gasteiger charge is -2.27. The molecule has 1 aromatic carbocycles. The van der Waals surface area contributed by atoms with Gasteiger partial charge in [-0.1, -0.05) is 12.1 Å². The molecule has 3 fully saturated rings. The molecule has 1 aromatic rings. The monoisotopic (exact) mass is 456 g/mol. The number of nitrogens with zero attached hydrogens (tertiary/aromatic N) is 2. The Morgan fingerprint density at radius 3 is 2.67 bits per heavy atom. The first-order chi connectivity index (χ1) is 15.7. The van der Waals surface area contributed by atoms with E-state index in [-0.39, 0.29) is 36.9 Å². The molecule has 9 nitrogen and oxygen atoms in total. The Kier molecular flexibility index (Phi) is 6.43. The standard InChI is InChI=1S/C24H32N4O5/c1-15-6-4-8-19(16(15)2)25-20(29)13-27(12-18-7-5-11-33-18)21(30)14-28-22(31)24(3,17-9-10-17)26-23(28)32/h4,6,8,17-18H,5,7,9-14H2,1-3H3,(H,25,29)(H,26,32). The number of ether oxygens (including phenoxy) is 1. The SMILES string of the molecule is Cc1cccc(NC(=O)CN(CC2CCCO2)C(=O)CN2C(=O)NC(C)(C3CC3)C2=O)c1C. The van der Waals surface area contributed by atoms with Crippen molar-refractivity contribution in [2.75, 3.05) is 31.6 Å². The summed E-state index contributed by atoms with van der Waals surface area (Å²) in [7, 11) is 0. The summed E-state index contributed by atoms with van der Waals surface area (Å²) < 4.78 is 5.67. The van der Waals surface area contributed by atoms with Gasteiger partial charge in [0.2, 0.25) is 11.8 Å². The maximum Gasteiger partial charge on any atom is 0.325 e. The Hall–Kier alpha value is -2.94. The number of imide groups is 1. The first kappa shape index (κ1) is 23.2. The van der Waals surface area contributed by atoms with Gasteiger partial charge in [-0.05, 0) is 69.6 Å². The van der Waals surface area contributed by atoms with E-state index in [4.69, 9.17) is 4.74 Å². The summed E-state index contributed by atoms with van der Waals surface area (Å²) in [5, 5.41) is 5.63. The van der Waals surface area contributed by atoms with Crippen molar-refractivity contribution in [3.05, 3.63) is 29.3 Å². The van der Waals surface area contributed by atoms with E-state index in [0.29, 0.717) is 12.3 Å². The normalized spacial score (nSPS) is 24.7. The van der Waals surface area contributed by atoms with Crippen LogP contribution in [-0.4, -0.2) is 71.4 Å². The van der Waals surface area contributed by atoms with Crippen molar-refractivity contribution in [1.82, 2.24) is 15.1 Å². The highest BCUT2D eigenvalue weighted by atomic mass is 16.5. The fourth-order valence-corrected chi connectivity index (χ4v) is 4.57. The Morgan fingerprint density at radius 2 is 2.00 bits per heavy atom. The highest BCUT2D eigenvalue weighted by molar-refractivity contribution is 6.09. The third-order valence-electron chi connectivity index (χ3n) is 7.00. The minimum absolute atomic E-state index is 0.111. The van der Waals surface area contributed by atoms with Crippen molar-refractivity contribution in [2.45, 2.75) is 58.1 Å². The van der Waals surface area contributed by atoms with Gasteiger partial charge in [-0.3, -0.25) is 19.3 Å². The van der Waals surface area contributed by atoms with Gasteiger partial charge in [0.25, 0.3) is 5.91 Å². The quantitative estimate of drug-likeness (QED) is 0.582. The van der Waals surface area contributed by atoms with Crippen LogP contribution in [0.1, 0.15) is 43.7 Å². The molecule has 2 N–H and O–H groups in total. The average Bonchev–Trinajstić information content (AvgIpc) is 3.47. The number of hydrogen-bond acceptors (Lipinski definition) is 5. The number of nitrogens with one attached hydrogen (secondary N) is 2. The maximum absolute atomic E-state index is 13.2. The number of urea groups is 1. The lowest BCUT2D eigenvalue weighted by molar-refractivity contribution is -0.141. The van der Waals surface area contributed by atoms with Crippen LogP contribution in [0.2, 0.25) is 0 Å². The van der Waals surface area contributed by atoms with Gasteiger partial charge in [-0.25, -0.2) is 4.79 Å². The number of benzene rings is 1. The predicted molar refractivity (Wildman–Crippen MR) is 121 cm³/mol. The molecule has 33 heavy (non-hydrogen) atoms. The molecule has 2 heterocycles. The Morgan fingerprint density at radius 1 is 1.24 bits per heavy atom. The summed E-state index contributed by atoms with van der Waals surface area (Å²) in [6.07, 6.45) is 3.30. The van der Waals surface area contributed by atoms with Crippen LogP contribution < -0.4 is 10.6 Å². The molecule has 2 atom stereocenters. The van der Waals surface area contributed by atoms with Crippen molar-refractivity contribution in [3.63, 3.8) is 0 Å². The second-order valence-electron chi connectivity index (χ2n) is 9.50. The fourth-order valence-electron chi connectivity index (χ4n) is 4.57. The van der Waals surface area contributed by atoms with Crippen LogP contribution in [0.25, 0.3) is 0 Å². The van der Waals surface area contributed by atoms with Crippen LogP contribution in [0.15, 0.2) is 18.2 Å². The van der Waals surface area contributed by atoms with Crippen LogP contribution in [0.3, 0.4) is 0 Å².